The molecule has 1 amide bonds. The average Bonchev–Trinajstić information content (AvgIpc) is 2.86. The second kappa shape index (κ2) is 6.10. The summed E-state index contributed by atoms with van der Waals surface area (Å²) in [6.07, 6.45) is 1.47. The van der Waals surface area contributed by atoms with Crippen LogP contribution < -0.4 is 10.2 Å². The summed E-state index contributed by atoms with van der Waals surface area (Å²) < 4.78 is 17.9. The predicted molar refractivity (Wildman–Crippen MR) is 72.3 cm³/mol. The van der Waals surface area contributed by atoms with E-state index in [1.165, 1.54) is 18.3 Å². The van der Waals surface area contributed by atoms with E-state index in [1.54, 1.807) is 19.2 Å². The molecule has 0 spiro atoms. The van der Waals surface area contributed by atoms with Crippen molar-refractivity contribution in [3.8, 4) is 5.75 Å². The van der Waals surface area contributed by atoms with E-state index in [-0.39, 0.29) is 4.88 Å². The lowest BCUT2D eigenvalue weighted by Crippen LogP contribution is -2.16. The summed E-state index contributed by atoms with van der Waals surface area (Å²) in [5, 5.41) is 3.41. The molecule has 2 aromatic rings. The third kappa shape index (κ3) is 3.38. The lowest BCUT2D eigenvalue weighted by molar-refractivity contribution is 0.0959. The molecule has 0 fully saturated rings. The molecule has 4 nitrogen and oxygen atoms in total. The minimum absolute atomic E-state index is 0.273. The first kappa shape index (κ1) is 13.2. The van der Waals surface area contributed by atoms with Gasteiger partial charge in [-0.3, -0.25) is 4.79 Å². The number of hydrazone groups is 1. The second-order valence-electron chi connectivity index (χ2n) is 3.54. The van der Waals surface area contributed by atoms with E-state index in [0.29, 0.717) is 5.75 Å². The number of carbonyl (C=O) groups is 1. The van der Waals surface area contributed by atoms with Gasteiger partial charge in [0.2, 0.25) is 0 Å². The lowest BCUT2D eigenvalue weighted by Gasteiger charge is -2.02. The Hall–Kier alpha value is -2.21. The highest BCUT2D eigenvalue weighted by atomic mass is 32.1. The van der Waals surface area contributed by atoms with Crippen molar-refractivity contribution in [1.29, 1.82) is 0 Å². The van der Waals surface area contributed by atoms with Crippen LogP contribution in [0.2, 0.25) is 0 Å². The fourth-order valence-electron chi connectivity index (χ4n) is 1.42. The maximum absolute atomic E-state index is 12.8. The van der Waals surface area contributed by atoms with Gasteiger partial charge in [0, 0.05) is 5.56 Å². The predicted octanol–water partition coefficient (Wildman–Crippen LogP) is 2.66. The molecule has 1 aromatic heterocycles. The molecule has 1 heterocycles. The van der Waals surface area contributed by atoms with Gasteiger partial charge in [-0.05, 0) is 24.3 Å². The SMILES string of the molecule is COc1ccccc1/C=N/NC(=O)c1ccc(F)s1. The van der Waals surface area contributed by atoms with Crippen LogP contribution in [-0.4, -0.2) is 19.2 Å². The Bertz CT molecular complexity index is 610. The number of ether oxygens (including phenoxy) is 1. The quantitative estimate of drug-likeness (QED) is 0.690. The highest BCUT2D eigenvalue weighted by molar-refractivity contribution is 7.12. The second-order valence-corrected chi connectivity index (χ2v) is 4.58. The van der Waals surface area contributed by atoms with Gasteiger partial charge in [0.25, 0.3) is 5.91 Å². The van der Waals surface area contributed by atoms with Gasteiger partial charge in [-0.1, -0.05) is 12.1 Å². The number of benzene rings is 1. The molecule has 98 valence electrons. The Labute approximate surface area is 113 Å². The molecule has 0 unspecified atom stereocenters. The molecule has 1 aromatic carbocycles. The van der Waals surface area contributed by atoms with Crippen LogP contribution in [0.25, 0.3) is 0 Å². The van der Waals surface area contributed by atoms with E-state index in [4.69, 9.17) is 4.74 Å². The van der Waals surface area contributed by atoms with Crippen LogP contribution in [0.4, 0.5) is 4.39 Å². The summed E-state index contributed by atoms with van der Waals surface area (Å²) in [7, 11) is 1.56. The van der Waals surface area contributed by atoms with Gasteiger partial charge in [0.05, 0.1) is 18.2 Å². The largest absolute Gasteiger partial charge is 0.496 e. The number of para-hydroxylation sites is 1. The van der Waals surface area contributed by atoms with E-state index in [1.807, 2.05) is 12.1 Å². The molecule has 6 heteroatoms. The number of carbonyl (C=O) groups excluding carboxylic acids is 1. The van der Waals surface area contributed by atoms with Crippen molar-refractivity contribution in [1.82, 2.24) is 5.43 Å². The maximum atomic E-state index is 12.8. The minimum Gasteiger partial charge on any atom is -0.496 e. The topological polar surface area (TPSA) is 50.7 Å². The Morgan fingerprint density at radius 2 is 2.16 bits per heavy atom. The first-order valence-corrected chi connectivity index (χ1v) is 6.24. The van der Waals surface area contributed by atoms with Crippen LogP contribution in [0.3, 0.4) is 0 Å². The number of hydrogen-bond acceptors (Lipinski definition) is 4. The summed E-state index contributed by atoms with van der Waals surface area (Å²) in [5.41, 5.74) is 3.07. The Balaban J connectivity index is 2.02. The summed E-state index contributed by atoms with van der Waals surface area (Å²) in [4.78, 5) is 11.9. The molecule has 0 bridgehead atoms. The smallest absolute Gasteiger partial charge is 0.281 e. The van der Waals surface area contributed by atoms with Gasteiger partial charge in [-0.2, -0.15) is 9.49 Å². The summed E-state index contributed by atoms with van der Waals surface area (Å²) >= 11 is 0.772. The normalized spacial score (nSPS) is 10.6. The van der Waals surface area contributed by atoms with Crippen molar-refractivity contribution in [3.63, 3.8) is 0 Å². The van der Waals surface area contributed by atoms with Gasteiger partial charge in [0.1, 0.15) is 5.75 Å². The number of nitrogens with zero attached hydrogens (tertiary/aromatic N) is 1. The molecule has 0 atom stereocenters. The monoisotopic (exact) mass is 278 g/mol. The van der Waals surface area contributed by atoms with Crippen molar-refractivity contribution in [2.45, 2.75) is 0 Å². The Morgan fingerprint density at radius 3 is 2.84 bits per heavy atom. The van der Waals surface area contributed by atoms with Crippen LogP contribution in [-0.2, 0) is 0 Å². The van der Waals surface area contributed by atoms with Crippen LogP contribution in [0.5, 0.6) is 5.75 Å². The summed E-state index contributed by atoms with van der Waals surface area (Å²) in [6.45, 7) is 0. The van der Waals surface area contributed by atoms with E-state index < -0.39 is 11.0 Å². The van der Waals surface area contributed by atoms with Crippen molar-refractivity contribution in [2.24, 2.45) is 5.10 Å². The van der Waals surface area contributed by atoms with Crippen LogP contribution in [0, 0.1) is 5.13 Å². The summed E-state index contributed by atoms with van der Waals surface area (Å²) in [5.74, 6) is 0.211. The number of methoxy groups -OCH3 is 1. The molecular weight excluding hydrogens is 267 g/mol. The number of nitrogens with one attached hydrogen (secondary N) is 1. The zero-order valence-corrected chi connectivity index (χ0v) is 10.9. The third-order valence-electron chi connectivity index (χ3n) is 2.31. The number of amides is 1. The lowest BCUT2D eigenvalue weighted by atomic mass is 10.2. The molecule has 0 saturated heterocycles. The van der Waals surface area contributed by atoms with E-state index >= 15 is 0 Å². The van der Waals surface area contributed by atoms with E-state index in [0.717, 1.165) is 16.9 Å². The number of rotatable bonds is 4. The van der Waals surface area contributed by atoms with Crippen molar-refractivity contribution >= 4 is 23.5 Å². The van der Waals surface area contributed by atoms with Crippen LogP contribution >= 0.6 is 11.3 Å². The van der Waals surface area contributed by atoms with E-state index in [2.05, 4.69) is 10.5 Å². The molecule has 1 N–H and O–H groups in total. The van der Waals surface area contributed by atoms with Crippen molar-refractivity contribution in [2.75, 3.05) is 7.11 Å². The molecule has 0 radical (unpaired) electrons. The summed E-state index contributed by atoms with van der Waals surface area (Å²) in [6, 6.07) is 9.91. The highest BCUT2D eigenvalue weighted by Crippen LogP contribution is 2.15. The Kier molecular flexibility index (Phi) is 4.25. The third-order valence-corrected chi connectivity index (χ3v) is 3.18. The molecular formula is C13H11FN2O2S. The number of thiophene rings is 1. The maximum Gasteiger partial charge on any atom is 0.281 e. The zero-order valence-electron chi connectivity index (χ0n) is 10.1. The molecule has 0 aliphatic carbocycles. The molecule has 0 aliphatic heterocycles. The van der Waals surface area contributed by atoms with Crippen LogP contribution in [0.15, 0.2) is 41.5 Å². The fourth-order valence-corrected chi connectivity index (χ4v) is 2.05. The standard InChI is InChI=1S/C13H11FN2O2S/c1-18-10-5-3-2-4-9(10)8-15-16-13(17)11-6-7-12(14)19-11/h2-8H,1H3,(H,16,17)/b15-8+. The highest BCUT2D eigenvalue weighted by Gasteiger charge is 2.07. The zero-order chi connectivity index (χ0) is 13.7. The molecule has 19 heavy (non-hydrogen) atoms. The van der Waals surface area contributed by atoms with Gasteiger partial charge in [-0.25, -0.2) is 5.43 Å². The van der Waals surface area contributed by atoms with Gasteiger partial charge >= 0.3 is 0 Å². The average molecular weight is 278 g/mol. The van der Waals surface area contributed by atoms with Crippen molar-refractivity contribution < 1.29 is 13.9 Å². The van der Waals surface area contributed by atoms with Crippen molar-refractivity contribution in [3.05, 3.63) is 52.0 Å². The molecule has 0 saturated carbocycles. The molecule has 0 aliphatic rings. The van der Waals surface area contributed by atoms with Gasteiger partial charge in [0.15, 0.2) is 5.13 Å². The fraction of sp³-hybridized carbons (Fsp3) is 0.0769. The van der Waals surface area contributed by atoms with E-state index in [9.17, 15) is 9.18 Å². The minimum atomic E-state index is -0.444. The Morgan fingerprint density at radius 1 is 1.37 bits per heavy atom. The number of hydrogen-bond donors (Lipinski definition) is 1. The number of halogens is 1. The molecule has 2 rings (SSSR count). The first-order chi connectivity index (χ1) is 9.20. The first-order valence-electron chi connectivity index (χ1n) is 5.42. The van der Waals surface area contributed by atoms with Crippen LogP contribution in [0.1, 0.15) is 15.2 Å². The van der Waals surface area contributed by atoms with Gasteiger partial charge < -0.3 is 4.74 Å². The van der Waals surface area contributed by atoms with Gasteiger partial charge in [-0.15, -0.1) is 11.3 Å².